The fourth-order valence-corrected chi connectivity index (χ4v) is 2.16. The first-order valence-electron chi connectivity index (χ1n) is 5.67. The summed E-state index contributed by atoms with van der Waals surface area (Å²) < 4.78 is 10.9. The maximum Gasteiger partial charge on any atom is 0.189 e. The number of ether oxygens (including phenoxy) is 2. The second-order valence-electron chi connectivity index (χ2n) is 4.16. The standard InChI is InChI=1S/C13H14N2O2/c1-9(12-5-14-7-15-12)11-4-2-3-10-6-16-8-17-13(10)11/h2-5,7,9H,6,8H2,1H3,(H,14,15). The number of benzene rings is 1. The van der Waals surface area contributed by atoms with E-state index in [-0.39, 0.29) is 5.92 Å². The summed E-state index contributed by atoms with van der Waals surface area (Å²) in [6.45, 7) is 3.08. The highest BCUT2D eigenvalue weighted by molar-refractivity contribution is 5.46. The van der Waals surface area contributed by atoms with Crippen molar-refractivity contribution < 1.29 is 9.47 Å². The largest absolute Gasteiger partial charge is 0.467 e. The Labute approximate surface area is 99.6 Å². The lowest BCUT2D eigenvalue weighted by molar-refractivity contribution is -0.0171. The Morgan fingerprint density at radius 3 is 3.18 bits per heavy atom. The molecule has 0 saturated heterocycles. The Kier molecular flexibility index (Phi) is 2.57. The minimum atomic E-state index is 0.217. The second-order valence-corrected chi connectivity index (χ2v) is 4.16. The zero-order valence-electron chi connectivity index (χ0n) is 9.64. The molecule has 4 nitrogen and oxygen atoms in total. The van der Waals surface area contributed by atoms with Gasteiger partial charge in [0.15, 0.2) is 6.79 Å². The van der Waals surface area contributed by atoms with E-state index < -0.39 is 0 Å². The number of para-hydroxylation sites is 1. The Balaban J connectivity index is 2.03. The van der Waals surface area contributed by atoms with E-state index in [1.54, 1.807) is 6.33 Å². The monoisotopic (exact) mass is 230 g/mol. The zero-order chi connectivity index (χ0) is 11.7. The van der Waals surface area contributed by atoms with Crippen molar-refractivity contribution in [2.24, 2.45) is 0 Å². The number of aromatic amines is 1. The number of H-pyrrole nitrogens is 1. The van der Waals surface area contributed by atoms with Gasteiger partial charge in [0.1, 0.15) is 5.75 Å². The minimum absolute atomic E-state index is 0.217. The number of imidazole rings is 1. The van der Waals surface area contributed by atoms with Crippen LogP contribution in [0.1, 0.15) is 29.7 Å². The topological polar surface area (TPSA) is 47.1 Å². The highest BCUT2D eigenvalue weighted by atomic mass is 16.7. The first kappa shape index (κ1) is 10.4. The van der Waals surface area contributed by atoms with Crippen LogP contribution in [0, 0.1) is 0 Å². The van der Waals surface area contributed by atoms with Crippen molar-refractivity contribution in [3.63, 3.8) is 0 Å². The third-order valence-electron chi connectivity index (χ3n) is 3.10. The van der Waals surface area contributed by atoms with Crippen LogP contribution in [-0.2, 0) is 11.3 Å². The summed E-state index contributed by atoms with van der Waals surface area (Å²) in [6, 6.07) is 6.16. The molecule has 0 bridgehead atoms. The number of aromatic nitrogens is 2. The molecular formula is C13H14N2O2. The van der Waals surface area contributed by atoms with Gasteiger partial charge in [-0.05, 0) is 0 Å². The summed E-state index contributed by atoms with van der Waals surface area (Å²) in [5, 5.41) is 0. The molecule has 1 unspecified atom stereocenters. The number of hydrogen-bond acceptors (Lipinski definition) is 3. The van der Waals surface area contributed by atoms with Gasteiger partial charge < -0.3 is 14.5 Å². The van der Waals surface area contributed by atoms with Crippen LogP contribution < -0.4 is 4.74 Å². The van der Waals surface area contributed by atoms with Gasteiger partial charge >= 0.3 is 0 Å². The highest BCUT2D eigenvalue weighted by Gasteiger charge is 2.20. The number of nitrogens with one attached hydrogen (secondary N) is 1. The third-order valence-corrected chi connectivity index (χ3v) is 3.10. The fourth-order valence-electron chi connectivity index (χ4n) is 2.16. The Morgan fingerprint density at radius 1 is 1.41 bits per heavy atom. The van der Waals surface area contributed by atoms with Crippen molar-refractivity contribution >= 4 is 0 Å². The molecule has 2 aromatic rings. The summed E-state index contributed by atoms with van der Waals surface area (Å²) in [6.07, 6.45) is 3.62. The number of rotatable bonds is 2. The van der Waals surface area contributed by atoms with E-state index in [9.17, 15) is 0 Å². The first-order valence-corrected chi connectivity index (χ1v) is 5.67. The maximum absolute atomic E-state index is 5.61. The number of hydrogen-bond donors (Lipinski definition) is 1. The predicted molar refractivity (Wildman–Crippen MR) is 62.8 cm³/mol. The van der Waals surface area contributed by atoms with Crippen LogP contribution in [0.5, 0.6) is 5.75 Å². The molecule has 1 aromatic heterocycles. The molecule has 0 radical (unpaired) electrons. The van der Waals surface area contributed by atoms with E-state index in [0.29, 0.717) is 13.4 Å². The molecule has 0 saturated carbocycles. The number of fused-ring (bicyclic) bond motifs is 1. The predicted octanol–water partition coefficient (Wildman–Crippen LogP) is 2.43. The van der Waals surface area contributed by atoms with Crippen molar-refractivity contribution in [3.05, 3.63) is 47.5 Å². The van der Waals surface area contributed by atoms with Gasteiger partial charge in [0.05, 0.1) is 18.6 Å². The van der Waals surface area contributed by atoms with Gasteiger partial charge in [-0.2, -0.15) is 0 Å². The van der Waals surface area contributed by atoms with Gasteiger partial charge in [0.2, 0.25) is 0 Å². The van der Waals surface area contributed by atoms with E-state index in [0.717, 1.165) is 22.6 Å². The molecular weight excluding hydrogens is 216 g/mol. The SMILES string of the molecule is CC(c1c[nH]cn1)c1cccc2c1OCOC2. The average Bonchev–Trinajstić information content (AvgIpc) is 2.91. The quantitative estimate of drug-likeness (QED) is 0.861. The molecule has 1 atom stereocenters. The van der Waals surface area contributed by atoms with Gasteiger partial charge in [-0.1, -0.05) is 25.1 Å². The molecule has 0 spiro atoms. The lowest BCUT2D eigenvalue weighted by Crippen LogP contribution is -2.14. The summed E-state index contributed by atoms with van der Waals surface area (Å²) in [5.41, 5.74) is 3.29. The minimum Gasteiger partial charge on any atom is -0.467 e. The van der Waals surface area contributed by atoms with Crippen LogP contribution in [-0.4, -0.2) is 16.8 Å². The Morgan fingerprint density at radius 2 is 2.35 bits per heavy atom. The van der Waals surface area contributed by atoms with Gasteiger partial charge in [-0.25, -0.2) is 4.98 Å². The van der Waals surface area contributed by atoms with Crippen molar-refractivity contribution in [1.82, 2.24) is 9.97 Å². The van der Waals surface area contributed by atoms with Gasteiger partial charge in [-0.15, -0.1) is 0 Å². The van der Waals surface area contributed by atoms with Crippen LogP contribution in [0.3, 0.4) is 0 Å². The summed E-state index contributed by atoms with van der Waals surface area (Å²) >= 11 is 0. The molecule has 1 N–H and O–H groups in total. The van der Waals surface area contributed by atoms with Crippen LogP contribution >= 0.6 is 0 Å². The number of nitrogens with zero attached hydrogens (tertiary/aromatic N) is 1. The lowest BCUT2D eigenvalue weighted by Gasteiger charge is -2.22. The average molecular weight is 230 g/mol. The molecule has 1 aliphatic rings. The van der Waals surface area contributed by atoms with Crippen LogP contribution in [0.2, 0.25) is 0 Å². The Bertz CT molecular complexity index is 508. The van der Waals surface area contributed by atoms with E-state index >= 15 is 0 Å². The Hall–Kier alpha value is -1.81. The first-order chi connectivity index (χ1) is 8.36. The van der Waals surface area contributed by atoms with Crippen molar-refractivity contribution in [2.75, 3.05) is 6.79 Å². The van der Waals surface area contributed by atoms with Gasteiger partial charge in [0.25, 0.3) is 0 Å². The molecule has 0 amide bonds. The molecule has 1 aromatic carbocycles. The normalized spacial score (nSPS) is 16.1. The van der Waals surface area contributed by atoms with Crippen LogP contribution in [0.25, 0.3) is 0 Å². The molecule has 3 rings (SSSR count). The smallest absolute Gasteiger partial charge is 0.189 e. The fraction of sp³-hybridized carbons (Fsp3) is 0.308. The van der Waals surface area contributed by atoms with E-state index in [2.05, 4.69) is 23.0 Å². The van der Waals surface area contributed by atoms with Crippen molar-refractivity contribution in [1.29, 1.82) is 0 Å². The second kappa shape index (κ2) is 4.22. The summed E-state index contributed by atoms with van der Waals surface area (Å²) in [7, 11) is 0. The molecule has 2 heterocycles. The van der Waals surface area contributed by atoms with Crippen LogP contribution in [0.15, 0.2) is 30.7 Å². The maximum atomic E-state index is 5.61. The van der Waals surface area contributed by atoms with Crippen LogP contribution in [0.4, 0.5) is 0 Å². The van der Waals surface area contributed by atoms with Gasteiger partial charge in [-0.3, -0.25) is 0 Å². The van der Waals surface area contributed by atoms with Crippen molar-refractivity contribution in [2.45, 2.75) is 19.4 Å². The zero-order valence-corrected chi connectivity index (χ0v) is 9.64. The molecule has 0 fully saturated rings. The van der Waals surface area contributed by atoms with E-state index in [4.69, 9.17) is 9.47 Å². The summed E-state index contributed by atoms with van der Waals surface area (Å²) in [4.78, 5) is 7.28. The third kappa shape index (κ3) is 1.80. The molecule has 4 heteroatoms. The molecule has 1 aliphatic heterocycles. The lowest BCUT2D eigenvalue weighted by atomic mass is 9.95. The van der Waals surface area contributed by atoms with E-state index in [1.807, 2.05) is 18.3 Å². The molecule has 88 valence electrons. The molecule has 0 aliphatic carbocycles. The van der Waals surface area contributed by atoms with Crippen molar-refractivity contribution in [3.8, 4) is 5.75 Å². The van der Waals surface area contributed by atoms with Gasteiger partial charge in [0, 0.05) is 23.2 Å². The molecule has 17 heavy (non-hydrogen) atoms. The highest BCUT2D eigenvalue weighted by Crippen LogP contribution is 2.35. The van der Waals surface area contributed by atoms with E-state index in [1.165, 1.54) is 0 Å². The summed E-state index contributed by atoms with van der Waals surface area (Å²) in [5.74, 6) is 1.17.